The third-order valence-electron chi connectivity index (χ3n) is 4.13. The summed E-state index contributed by atoms with van der Waals surface area (Å²) in [6.45, 7) is 2.04. The number of hydrogen-bond acceptors (Lipinski definition) is 3. The van der Waals surface area contributed by atoms with Crippen LogP contribution in [0, 0.1) is 6.92 Å². The van der Waals surface area contributed by atoms with Crippen molar-refractivity contribution < 1.29 is 4.74 Å². The molecular formula is C20H17N3O. The fraction of sp³-hybridized carbons (Fsp3) is 0.100. The number of benzene rings is 1. The molecule has 118 valence electrons. The number of hydrogen-bond donors (Lipinski definition) is 1. The Kier molecular flexibility index (Phi) is 3.50. The van der Waals surface area contributed by atoms with Crippen LogP contribution in [-0.4, -0.2) is 22.1 Å². The third kappa shape index (κ3) is 2.52. The Bertz CT molecular complexity index is 1010. The highest BCUT2D eigenvalue weighted by Crippen LogP contribution is 2.28. The second-order valence-corrected chi connectivity index (χ2v) is 5.72. The van der Waals surface area contributed by atoms with Crippen LogP contribution >= 0.6 is 0 Å². The Hall–Kier alpha value is -3.14. The van der Waals surface area contributed by atoms with E-state index in [-0.39, 0.29) is 0 Å². The van der Waals surface area contributed by atoms with Gasteiger partial charge in [-0.3, -0.25) is 0 Å². The summed E-state index contributed by atoms with van der Waals surface area (Å²) in [5, 5.41) is 0. The summed E-state index contributed by atoms with van der Waals surface area (Å²) in [5.41, 5.74) is 7.21. The summed E-state index contributed by atoms with van der Waals surface area (Å²) in [4.78, 5) is 12.5. The molecule has 0 atom stereocenters. The first-order valence-corrected chi connectivity index (χ1v) is 7.81. The van der Waals surface area contributed by atoms with Gasteiger partial charge in [-0.15, -0.1) is 0 Å². The molecule has 0 saturated carbocycles. The molecule has 1 N–H and O–H groups in total. The third-order valence-corrected chi connectivity index (χ3v) is 4.13. The monoisotopic (exact) mass is 315 g/mol. The summed E-state index contributed by atoms with van der Waals surface area (Å²) in [5.74, 6) is 0.616. The van der Waals surface area contributed by atoms with E-state index >= 15 is 0 Å². The van der Waals surface area contributed by atoms with Crippen LogP contribution in [0.3, 0.4) is 0 Å². The quantitative estimate of drug-likeness (QED) is 0.600. The molecule has 0 bridgehead atoms. The summed E-state index contributed by atoms with van der Waals surface area (Å²) in [7, 11) is 1.62. The van der Waals surface area contributed by atoms with Crippen molar-refractivity contribution in [2.24, 2.45) is 0 Å². The zero-order chi connectivity index (χ0) is 16.5. The molecule has 24 heavy (non-hydrogen) atoms. The topological polar surface area (TPSA) is 50.8 Å². The van der Waals surface area contributed by atoms with Crippen LogP contribution in [0.15, 0.2) is 60.8 Å². The molecule has 0 spiro atoms. The molecule has 0 radical (unpaired) electrons. The standard InChI is InChI=1S/C20H17N3O/c1-13-10-20(24-2)21-12-15(13)16-8-9-17-19(22-16)11-18(23-17)14-6-4-3-5-7-14/h3-12,23H,1-2H3. The molecule has 4 rings (SSSR count). The van der Waals surface area contributed by atoms with Crippen LogP contribution in [0.1, 0.15) is 5.56 Å². The van der Waals surface area contributed by atoms with Crippen molar-refractivity contribution in [1.82, 2.24) is 15.0 Å². The lowest BCUT2D eigenvalue weighted by Crippen LogP contribution is -1.92. The van der Waals surface area contributed by atoms with E-state index in [1.807, 2.05) is 43.5 Å². The van der Waals surface area contributed by atoms with Crippen LogP contribution in [0.2, 0.25) is 0 Å². The van der Waals surface area contributed by atoms with E-state index in [2.05, 4.69) is 34.2 Å². The molecule has 0 aliphatic carbocycles. The predicted octanol–water partition coefficient (Wildman–Crippen LogP) is 4.61. The lowest BCUT2D eigenvalue weighted by atomic mass is 10.1. The highest BCUT2D eigenvalue weighted by molar-refractivity contribution is 5.85. The minimum absolute atomic E-state index is 0.616. The van der Waals surface area contributed by atoms with Gasteiger partial charge in [0.25, 0.3) is 0 Å². The summed E-state index contributed by atoms with van der Waals surface area (Å²) >= 11 is 0. The van der Waals surface area contributed by atoms with E-state index in [1.54, 1.807) is 7.11 Å². The van der Waals surface area contributed by atoms with Crippen molar-refractivity contribution in [2.45, 2.75) is 6.92 Å². The number of nitrogens with one attached hydrogen (secondary N) is 1. The van der Waals surface area contributed by atoms with Gasteiger partial charge in [0.1, 0.15) is 0 Å². The molecule has 1 aromatic carbocycles. The number of pyridine rings is 2. The van der Waals surface area contributed by atoms with Gasteiger partial charge in [-0.25, -0.2) is 9.97 Å². The van der Waals surface area contributed by atoms with Gasteiger partial charge < -0.3 is 9.72 Å². The predicted molar refractivity (Wildman–Crippen MR) is 96.0 cm³/mol. The lowest BCUT2D eigenvalue weighted by Gasteiger charge is -2.06. The fourth-order valence-corrected chi connectivity index (χ4v) is 2.84. The summed E-state index contributed by atoms with van der Waals surface area (Å²) < 4.78 is 5.17. The molecule has 4 heteroatoms. The highest BCUT2D eigenvalue weighted by Gasteiger charge is 2.09. The normalized spacial score (nSPS) is 10.9. The number of nitrogens with zero attached hydrogens (tertiary/aromatic N) is 2. The Labute approximate surface area is 140 Å². The lowest BCUT2D eigenvalue weighted by molar-refractivity contribution is 0.397. The second kappa shape index (κ2) is 5.81. The number of rotatable bonds is 3. The summed E-state index contributed by atoms with van der Waals surface area (Å²) in [6.07, 6.45) is 1.81. The largest absolute Gasteiger partial charge is 0.481 e. The summed E-state index contributed by atoms with van der Waals surface area (Å²) in [6, 6.07) is 18.3. The molecule has 4 aromatic rings. The van der Waals surface area contributed by atoms with E-state index in [0.717, 1.165) is 39.1 Å². The van der Waals surface area contributed by atoms with Crippen LogP contribution in [-0.2, 0) is 0 Å². The zero-order valence-electron chi connectivity index (χ0n) is 13.6. The first-order valence-electron chi connectivity index (χ1n) is 7.81. The van der Waals surface area contributed by atoms with Gasteiger partial charge in [0, 0.05) is 23.5 Å². The van der Waals surface area contributed by atoms with Gasteiger partial charge in [0.05, 0.1) is 23.8 Å². The minimum atomic E-state index is 0.616. The Morgan fingerprint density at radius 1 is 1.00 bits per heavy atom. The van der Waals surface area contributed by atoms with Gasteiger partial charge in [-0.2, -0.15) is 0 Å². The SMILES string of the molecule is COc1cc(C)c(-c2ccc3[nH]c(-c4ccccc4)cc3n2)cn1. The number of H-pyrrole nitrogens is 1. The van der Waals surface area contributed by atoms with Gasteiger partial charge in [0.2, 0.25) is 5.88 Å². The smallest absolute Gasteiger partial charge is 0.213 e. The molecule has 0 saturated heterocycles. The highest BCUT2D eigenvalue weighted by atomic mass is 16.5. The van der Waals surface area contributed by atoms with Crippen molar-refractivity contribution in [3.8, 4) is 28.4 Å². The van der Waals surface area contributed by atoms with E-state index in [0.29, 0.717) is 5.88 Å². The molecule has 3 aromatic heterocycles. The maximum absolute atomic E-state index is 5.17. The maximum atomic E-state index is 5.17. The molecule has 0 amide bonds. The number of aryl methyl sites for hydroxylation is 1. The number of aromatic nitrogens is 3. The minimum Gasteiger partial charge on any atom is -0.481 e. The van der Waals surface area contributed by atoms with Crippen molar-refractivity contribution in [3.05, 3.63) is 66.4 Å². The maximum Gasteiger partial charge on any atom is 0.213 e. The number of fused-ring (bicyclic) bond motifs is 1. The van der Waals surface area contributed by atoms with Gasteiger partial charge in [-0.1, -0.05) is 30.3 Å². The van der Waals surface area contributed by atoms with E-state index < -0.39 is 0 Å². The molecule has 0 fully saturated rings. The Morgan fingerprint density at radius 2 is 1.83 bits per heavy atom. The zero-order valence-corrected chi connectivity index (χ0v) is 13.6. The van der Waals surface area contributed by atoms with Gasteiger partial charge >= 0.3 is 0 Å². The second-order valence-electron chi connectivity index (χ2n) is 5.72. The molecule has 3 heterocycles. The molecular weight excluding hydrogens is 298 g/mol. The van der Waals surface area contributed by atoms with Crippen molar-refractivity contribution >= 4 is 11.0 Å². The van der Waals surface area contributed by atoms with E-state index in [4.69, 9.17) is 9.72 Å². The van der Waals surface area contributed by atoms with E-state index in [1.165, 1.54) is 0 Å². The van der Waals surface area contributed by atoms with Crippen molar-refractivity contribution in [2.75, 3.05) is 7.11 Å². The Balaban J connectivity index is 1.79. The molecule has 0 unspecified atom stereocenters. The molecule has 0 aliphatic heterocycles. The van der Waals surface area contributed by atoms with Crippen LogP contribution in [0.25, 0.3) is 33.5 Å². The number of ether oxygens (including phenoxy) is 1. The van der Waals surface area contributed by atoms with Gasteiger partial charge in [0.15, 0.2) is 0 Å². The van der Waals surface area contributed by atoms with E-state index in [9.17, 15) is 0 Å². The first-order chi connectivity index (χ1) is 11.7. The van der Waals surface area contributed by atoms with Crippen LogP contribution < -0.4 is 4.74 Å². The van der Waals surface area contributed by atoms with Crippen molar-refractivity contribution in [1.29, 1.82) is 0 Å². The number of methoxy groups -OCH3 is 1. The Morgan fingerprint density at radius 3 is 2.58 bits per heavy atom. The van der Waals surface area contributed by atoms with Crippen LogP contribution in [0.5, 0.6) is 5.88 Å². The number of aromatic amines is 1. The first kappa shape index (κ1) is 14.5. The average molecular weight is 315 g/mol. The molecule has 4 nitrogen and oxygen atoms in total. The average Bonchev–Trinajstić information content (AvgIpc) is 3.05. The molecule has 0 aliphatic rings. The fourth-order valence-electron chi connectivity index (χ4n) is 2.84. The van der Waals surface area contributed by atoms with Gasteiger partial charge in [-0.05, 0) is 36.2 Å². The van der Waals surface area contributed by atoms with Crippen LogP contribution in [0.4, 0.5) is 0 Å². The van der Waals surface area contributed by atoms with Crippen molar-refractivity contribution in [3.63, 3.8) is 0 Å².